The highest BCUT2D eigenvalue weighted by Crippen LogP contribution is 2.13. The van der Waals surface area contributed by atoms with E-state index in [9.17, 15) is 9.59 Å². The van der Waals surface area contributed by atoms with Gasteiger partial charge in [-0.05, 0) is 17.7 Å². The van der Waals surface area contributed by atoms with Crippen molar-refractivity contribution in [2.24, 2.45) is 0 Å². The standard InChI is InChI=1S/C14H14N2O4S/c1-20-10-4-2-3-9(5-10)6-12(17)15-7-13-16-11(8-21-13)14(18)19/h2-5,8H,6-7H2,1H3,(H,15,17)(H,18,19). The number of ether oxygens (including phenoxy) is 1. The molecule has 0 aliphatic carbocycles. The topological polar surface area (TPSA) is 88.5 Å². The van der Waals surface area contributed by atoms with Crippen molar-refractivity contribution in [1.82, 2.24) is 10.3 Å². The van der Waals surface area contributed by atoms with Gasteiger partial charge in [0.05, 0.1) is 20.1 Å². The van der Waals surface area contributed by atoms with Crippen molar-refractivity contribution < 1.29 is 19.4 Å². The smallest absolute Gasteiger partial charge is 0.355 e. The number of hydrogen-bond acceptors (Lipinski definition) is 5. The largest absolute Gasteiger partial charge is 0.497 e. The molecule has 2 rings (SSSR count). The third-order valence-corrected chi connectivity index (χ3v) is 3.56. The van der Waals surface area contributed by atoms with Gasteiger partial charge in [-0.3, -0.25) is 4.79 Å². The third-order valence-electron chi connectivity index (χ3n) is 2.71. The van der Waals surface area contributed by atoms with Crippen LogP contribution in [0.25, 0.3) is 0 Å². The van der Waals surface area contributed by atoms with E-state index in [-0.39, 0.29) is 24.6 Å². The average molecular weight is 306 g/mol. The molecule has 0 radical (unpaired) electrons. The first kappa shape index (κ1) is 15.0. The van der Waals surface area contributed by atoms with Gasteiger partial charge in [-0.15, -0.1) is 11.3 Å². The van der Waals surface area contributed by atoms with Gasteiger partial charge in [0.1, 0.15) is 10.8 Å². The summed E-state index contributed by atoms with van der Waals surface area (Å²) in [5.74, 6) is -0.526. The molecule has 6 nitrogen and oxygen atoms in total. The van der Waals surface area contributed by atoms with Crippen LogP contribution < -0.4 is 10.1 Å². The number of nitrogens with zero attached hydrogens (tertiary/aromatic N) is 1. The van der Waals surface area contributed by atoms with Crippen molar-refractivity contribution in [3.05, 3.63) is 45.9 Å². The van der Waals surface area contributed by atoms with Crippen LogP contribution in [0.4, 0.5) is 0 Å². The summed E-state index contributed by atoms with van der Waals surface area (Å²) in [6.45, 7) is 0.223. The van der Waals surface area contributed by atoms with Crippen LogP contribution in [0.2, 0.25) is 0 Å². The Morgan fingerprint density at radius 3 is 2.90 bits per heavy atom. The average Bonchev–Trinajstić information content (AvgIpc) is 2.94. The minimum absolute atomic E-state index is 0.00274. The first-order chi connectivity index (χ1) is 10.1. The van der Waals surface area contributed by atoms with Gasteiger partial charge in [0, 0.05) is 5.38 Å². The Balaban J connectivity index is 1.87. The maximum atomic E-state index is 11.8. The van der Waals surface area contributed by atoms with Gasteiger partial charge in [0.15, 0.2) is 5.69 Å². The van der Waals surface area contributed by atoms with E-state index in [1.807, 2.05) is 18.2 Å². The van der Waals surface area contributed by atoms with Gasteiger partial charge in [-0.25, -0.2) is 9.78 Å². The fraction of sp³-hybridized carbons (Fsp3) is 0.214. The lowest BCUT2D eigenvalue weighted by atomic mass is 10.1. The molecule has 0 saturated heterocycles. The number of aromatic carboxylic acids is 1. The van der Waals surface area contributed by atoms with Crippen molar-refractivity contribution in [3.8, 4) is 5.75 Å². The molecule has 1 aromatic heterocycles. The third kappa shape index (κ3) is 4.28. The number of carbonyl (C=O) groups excluding carboxylic acids is 1. The van der Waals surface area contributed by atoms with E-state index in [4.69, 9.17) is 9.84 Å². The Bertz CT molecular complexity index is 654. The predicted molar refractivity (Wildman–Crippen MR) is 77.6 cm³/mol. The first-order valence-electron chi connectivity index (χ1n) is 6.16. The van der Waals surface area contributed by atoms with Gasteiger partial charge in [-0.1, -0.05) is 12.1 Å². The number of carboxylic acids is 1. The molecule has 2 N–H and O–H groups in total. The number of benzene rings is 1. The zero-order chi connectivity index (χ0) is 15.2. The van der Waals surface area contributed by atoms with E-state index >= 15 is 0 Å². The Morgan fingerprint density at radius 2 is 2.24 bits per heavy atom. The van der Waals surface area contributed by atoms with E-state index in [0.717, 1.165) is 5.56 Å². The fourth-order valence-electron chi connectivity index (χ4n) is 1.69. The van der Waals surface area contributed by atoms with Gasteiger partial charge in [-0.2, -0.15) is 0 Å². The molecule has 0 atom stereocenters. The van der Waals surface area contributed by atoms with E-state index in [1.165, 1.54) is 16.7 Å². The number of carboxylic acid groups (broad SMARTS) is 1. The summed E-state index contributed by atoms with van der Waals surface area (Å²) in [7, 11) is 1.57. The predicted octanol–water partition coefficient (Wildman–Crippen LogP) is 1.71. The molecule has 0 unspecified atom stereocenters. The summed E-state index contributed by atoms with van der Waals surface area (Å²) < 4.78 is 5.10. The van der Waals surface area contributed by atoms with E-state index in [2.05, 4.69) is 10.3 Å². The summed E-state index contributed by atoms with van der Waals surface area (Å²) in [6, 6.07) is 7.27. The number of rotatable bonds is 6. The molecule has 0 bridgehead atoms. The number of methoxy groups -OCH3 is 1. The van der Waals surface area contributed by atoms with Crippen LogP contribution in [0.5, 0.6) is 5.75 Å². The van der Waals surface area contributed by atoms with Crippen molar-refractivity contribution >= 4 is 23.2 Å². The van der Waals surface area contributed by atoms with E-state index < -0.39 is 5.97 Å². The zero-order valence-electron chi connectivity index (χ0n) is 11.3. The fourth-order valence-corrected chi connectivity index (χ4v) is 2.40. The normalized spacial score (nSPS) is 10.1. The highest BCUT2D eigenvalue weighted by molar-refractivity contribution is 7.09. The van der Waals surface area contributed by atoms with Gasteiger partial charge < -0.3 is 15.2 Å². The molecule has 0 aliphatic rings. The minimum atomic E-state index is -1.07. The summed E-state index contributed by atoms with van der Waals surface area (Å²) in [5.41, 5.74) is 0.842. The highest BCUT2D eigenvalue weighted by Gasteiger charge is 2.10. The highest BCUT2D eigenvalue weighted by atomic mass is 32.1. The molecule has 0 spiro atoms. The number of nitrogens with one attached hydrogen (secondary N) is 1. The van der Waals surface area contributed by atoms with Crippen LogP contribution in [-0.4, -0.2) is 29.1 Å². The monoisotopic (exact) mass is 306 g/mol. The number of hydrogen-bond donors (Lipinski definition) is 2. The summed E-state index contributed by atoms with van der Waals surface area (Å²) >= 11 is 1.21. The molecule has 7 heteroatoms. The number of thiazole rings is 1. The Hall–Kier alpha value is -2.41. The minimum Gasteiger partial charge on any atom is -0.497 e. The van der Waals surface area contributed by atoms with Crippen molar-refractivity contribution in [3.63, 3.8) is 0 Å². The second kappa shape index (κ2) is 6.85. The number of amides is 1. The van der Waals surface area contributed by atoms with Crippen molar-refractivity contribution in [2.75, 3.05) is 7.11 Å². The van der Waals surface area contributed by atoms with Crippen LogP contribution in [0, 0.1) is 0 Å². The molecular weight excluding hydrogens is 292 g/mol. The maximum absolute atomic E-state index is 11.8. The lowest BCUT2D eigenvalue weighted by molar-refractivity contribution is -0.120. The van der Waals surface area contributed by atoms with Crippen LogP contribution in [0.1, 0.15) is 21.1 Å². The second-order valence-corrected chi connectivity index (χ2v) is 5.18. The lowest BCUT2D eigenvalue weighted by Crippen LogP contribution is -2.24. The van der Waals surface area contributed by atoms with Crippen LogP contribution in [0.15, 0.2) is 29.6 Å². The number of aromatic nitrogens is 1. The summed E-state index contributed by atoms with van der Waals surface area (Å²) in [6.07, 6.45) is 0.231. The molecule has 0 fully saturated rings. The Morgan fingerprint density at radius 1 is 1.43 bits per heavy atom. The Kier molecular flexibility index (Phi) is 4.89. The molecule has 0 aliphatic heterocycles. The van der Waals surface area contributed by atoms with E-state index in [0.29, 0.717) is 10.8 Å². The molecule has 2 aromatic rings. The quantitative estimate of drug-likeness (QED) is 0.848. The van der Waals surface area contributed by atoms with Crippen LogP contribution in [-0.2, 0) is 17.8 Å². The molecular formula is C14H14N2O4S. The van der Waals surface area contributed by atoms with Crippen LogP contribution in [0.3, 0.4) is 0 Å². The molecule has 1 amide bonds. The van der Waals surface area contributed by atoms with Gasteiger partial charge in [0.2, 0.25) is 5.91 Å². The molecule has 110 valence electrons. The maximum Gasteiger partial charge on any atom is 0.355 e. The molecule has 1 heterocycles. The molecule has 1 aromatic carbocycles. The second-order valence-electron chi connectivity index (χ2n) is 4.24. The SMILES string of the molecule is COc1cccc(CC(=O)NCc2nc(C(=O)O)cs2)c1. The lowest BCUT2D eigenvalue weighted by Gasteiger charge is -2.05. The van der Waals surface area contributed by atoms with Crippen molar-refractivity contribution in [1.29, 1.82) is 0 Å². The number of carbonyl (C=O) groups is 2. The van der Waals surface area contributed by atoms with E-state index in [1.54, 1.807) is 13.2 Å². The first-order valence-corrected chi connectivity index (χ1v) is 7.04. The molecule has 21 heavy (non-hydrogen) atoms. The zero-order valence-corrected chi connectivity index (χ0v) is 12.1. The summed E-state index contributed by atoms with van der Waals surface area (Å²) in [5, 5.41) is 13.5. The van der Waals surface area contributed by atoms with Crippen LogP contribution >= 0.6 is 11.3 Å². The van der Waals surface area contributed by atoms with Gasteiger partial charge in [0.25, 0.3) is 0 Å². The summed E-state index contributed by atoms with van der Waals surface area (Å²) in [4.78, 5) is 26.4. The Labute approximate surface area is 125 Å². The molecule has 0 saturated carbocycles. The van der Waals surface area contributed by atoms with Gasteiger partial charge >= 0.3 is 5.97 Å². The van der Waals surface area contributed by atoms with Crippen molar-refractivity contribution in [2.45, 2.75) is 13.0 Å².